The lowest BCUT2D eigenvalue weighted by Gasteiger charge is -2.31. The second-order valence-corrected chi connectivity index (χ2v) is 9.78. The van der Waals surface area contributed by atoms with E-state index in [1.165, 1.54) is 7.11 Å². The molecule has 2 N–H and O–H groups in total. The Morgan fingerprint density at radius 2 is 1.71 bits per heavy atom. The van der Waals surface area contributed by atoms with Gasteiger partial charge < -0.3 is 20.1 Å². The highest BCUT2D eigenvalue weighted by Gasteiger charge is 2.36. The fraction of sp³-hybridized carbons (Fsp3) is 0.379. The van der Waals surface area contributed by atoms with E-state index >= 15 is 0 Å². The Kier molecular flexibility index (Phi) is 10.5. The fourth-order valence-corrected chi connectivity index (χ4v) is 3.79. The minimum absolute atomic E-state index is 0.0977. The third kappa shape index (κ3) is 8.66. The lowest BCUT2D eigenvalue weighted by Crippen LogP contribution is -2.52. The maximum absolute atomic E-state index is 13.9. The van der Waals surface area contributed by atoms with E-state index < -0.39 is 48.1 Å². The molecule has 9 nitrogen and oxygen atoms in total. The van der Waals surface area contributed by atoms with E-state index in [9.17, 15) is 19.2 Å². The lowest BCUT2D eigenvalue weighted by atomic mass is 9.96. The topological polar surface area (TPSA) is 114 Å². The number of aryl methyl sites for hydroxylation is 2. The average molecular weight is 522 g/mol. The molecule has 2 unspecified atom stereocenters. The first-order valence-electron chi connectivity index (χ1n) is 12.1. The van der Waals surface area contributed by atoms with Gasteiger partial charge in [0.15, 0.2) is 0 Å². The molecule has 202 valence electrons. The van der Waals surface area contributed by atoms with Crippen LogP contribution >= 0.6 is 0 Å². The molecule has 2 aromatic carbocycles. The van der Waals surface area contributed by atoms with Gasteiger partial charge in [-0.3, -0.25) is 19.3 Å². The summed E-state index contributed by atoms with van der Waals surface area (Å²) in [5.41, 5.74) is 2.10. The number of ether oxygens (including phenoxy) is 2. The summed E-state index contributed by atoms with van der Waals surface area (Å²) in [5.74, 6) is -2.03. The highest BCUT2D eigenvalue weighted by atomic mass is 16.6. The van der Waals surface area contributed by atoms with E-state index in [1.54, 1.807) is 39.8 Å². The number of methoxy groups -OCH3 is 1. The summed E-state index contributed by atoms with van der Waals surface area (Å²) in [7, 11) is 1.20. The second-order valence-electron chi connectivity index (χ2n) is 9.78. The molecule has 0 aliphatic carbocycles. The first kappa shape index (κ1) is 29.9. The van der Waals surface area contributed by atoms with Crippen molar-refractivity contribution in [2.75, 3.05) is 13.7 Å². The van der Waals surface area contributed by atoms with Crippen LogP contribution in [0.25, 0.3) is 0 Å². The molecule has 0 spiro atoms. The van der Waals surface area contributed by atoms with Crippen LogP contribution in [-0.4, -0.2) is 54.1 Å². The highest BCUT2D eigenvalue weighted by molar-refractivity contribution is 5.94. The van der Waals surface area contributed by atoms with E-state index in [1.807, 2.05) is 43.3 Å². The van der Waals surface area contributed by atoms with Crippen molar-refractivity contribution in [3.05, 3.63) is 70.8 Å². The number of rotatable bonds is 9. The van der Waals surface area contributed by atoms with Gasteiger partial charge in [0.25, 0.3) is 5.91 Å². The van der Waals surface area contributed by atoms with E-state index in [0.29, 0.717) is 5.56 Å². The van der Waals surface area contributed by atoms with Crippen LogP contribution in [-0.2, 0) is 30.3 Å². The number of benzene rings is 2. The van der Waals surface area contributed by atoms with Gasteiger partial charge in [-0.05, 0) is 51.3 Å². The van der Waals surface area contributed by atoms with Crippen LogP contribution in [0.4, 0.5) is 4.79 Å². The van der Waals surface area contributed by atoms with Gasteiger partial charge in [-0.2, -0.15) is 0 Å². The summed E-state index contributed by atoms with van der Waals surface area (Å²) < 4.78 is 9.98. The molecule has 0 saturated carbocycles. The molecule has 0 bridgehead atoms. The average Bonchev–Trinajstić information content (AvgIpc) is 2.85. The maximum Gasteiger partial charge on any atom is 0.408 e. The second kappa shape index (κ2) is 13.3. The predicted octanol–water partition coefficient (Wildman–Crippen LogP) is 3.19. The van der Waals surface area contributed by atoms with Gasteiger partial charge in [0, 0.05) is 12.5 Å². The molecule has 9 heteroatoms. The van der Waals surface area contributed by atoms with Crippen molar-refractivity contribution in [2.45, 2.75) is 58.7 Å². The number of hydrogen-bond donors (Lipinski definition) is 2. The van der Waals surface area contributed by atoms with Crippen molar-refractivity contribution < 1.29 is 28.7 Å². The Labute approximate surface area is 223 Å². The highest BCUT2D eigenvalue weighted by Crippen LogP contribution is 2.26. The summed E-state index contributed by atoms with van der Waals surface area (Å²) in [6, 6.07) is 14.3. The zero-order valence-electron chi connectivity index (χ0n) is 22.7. The molecule has 0 aromatic heterocycles. The number of amides is 3. The van der Waals surface area contributed by atoms with E-state index in [2.05, 4.69) is 21.4 Å². The van der Waals surface area contributed by atoms with Crippen LogP contribution in [0, 0.1) is 26.3 Å². The number of carbonyl (C=O) groups excluding carboxylic acids is 4. The van der Waals surface area contributed by atoms with Crippen molar-refractivity contribution in [2.24, 2.45) is 0 Å². The fourth-order valence-electron chi connectivity index (χ4n) is 3.79. The number of alkyl carbamates (subject to hydrolysis) is 1. The van der Waals surface area contributed by atoms with Crippen molar-refractivity contribution >= 4 is 23.9 Å². The van der Waals surface area contributed by atoms with Crippen LogP contribution < -0.4 is 10.6 Å². The molecule has 38 heavy (non-hydrogen) atoms. The smallest absolute Gasteiger partial charge is 0.408 e. The summed E-state index contributed by atoms with van der Waals surface area (Å²) in [4.78, 5) is 52.6. The van der Waals surface area contributed by atoms with Gasteiger partial charge in [-0.15, -0.1) is 0 Å². The summed E-state index contributed by atoms with van der Waals surface area (Å²) >= 11 is 0. The Morgan fingerprint density at radius 3 is 2.26 bits per heavy atom. The standard InChI is InChI=1S/C29H35N3O6/c1-8-32(25(26(34)30-18-24(33)37-7)22-15-14-19(2)16-20(22)3)27(35)23(17-21-12-10-9-11-13-21)31-28(36)38-29(4,5)6/h1,9-16,23,25H,17-18H2,2-7H3,(H,30,34)(H,31,36). The molecule has 2 aromatic rings. The largest absolute Gasteiger partial charge is 0.468 e. The Morgan fingerprint density at radius 1 is 1.05 bits per heavy atom. The molecule has 0 fully saturated rings. The third-order valence-corrected chi connectivity index (χ3v) is 5.51. The van der Waals surface area contributed by atoms with Crippen LogP contribution in [0.5, 0.6) is 0 Å². The Balaban J connectivity index is 2.51. The number of esters is 1. The molecule has 0 aliphatic rings. The number of terminal acetylenes is 1. The molecule has 0 aliphatic heterocycles. The van der Waals surface area contributed by atoms with Gasteiger partial charge in [0.2, 0.25) is 5.91 Å². The minimum atomic E-state index is -1.28. The Hall–Kier alpha value is -4.32. The van der Waals surface area contributed by atoms with Crippen LogP contribution in [0.2, 0.25) is 0 Å². The van der Waals surface area contributed by atoms with E-state index in [-0.39, 0.29) is 6.42 Å². The van der Waals surface area contributed by atoms with Crippen molar-refractivity contribution in [3.8, 4) is 12.5 Å². The first-order valence-corrected chi connectivity index (χ1v) is 12.1. The quantitative estimate of drug-likeness (QED) is 0.298. The molecule has 0 saturated heterocycles. The summed E-state index contributed by atoms with van der Waals surface area (Å²) in [5, 5.41) is 5.10. The summed E-state index contributed by atoms with van der Waals surface area (Å²) in [6.45, 7) is 8.39. The number of nitrogens with zero attached hydrogens (tertiary/aromatic N) is 1. The molecule has 2 atom stereocenters. The SMILES string of the molecule is C#CN(C(=O)C(Cc1ccccc1)NC(=O)OC(C)(C)C)C(C(=O)NCC(=O)OC)c1ccc(C)cc1C. The van der Waals surface area contributed by atoms with E-state index in [4.69, 9.17) is 11.2 Å². The molecular formula is C29H35N3O6. The third-order valence-electron chi connectivity index (χ3n) is 5.51. The van der Waals surface area contributed by atoms with Gasteiger partial charge in [0.05, 0.1) is 7.11 Å². The number of hydrogen-bond acceptors (Lipinski definition) is 6. The van der Waals surface area contributed by atoms with Crippen LogP contribution in [0.15, 0.2) is 48.5 Å². The minimum Gasteiger partial charge on any atom is -0.468 e. The lowest BCUT2D eigenvalue weighted by molar-refractivity contribution is -0.142. The zero-order valence-corrected chi connectivity index (χ0v) is 22.7. The van der Waals surface area contributed by atoms with Crippen molar-refractivity contribution in [1.29, 1.82) is 0 Å². The van der Waals surface area contributed by atoms with Gasteiger partial charge in [-0.1, -0.05) is 60.5 Å². The van der Waals surface area contributed by atoms with Crippen molar-refractivity contribution in [1.82, 2.24) is 15.5 Å². The molecule has 2 rings (SSSR count). The van der Waals surface area contributed by atoms with Crippen LogP contribution in [0.3, 0.4) is 0 Å². The van der Waals surface area contributed by atoms with Gasteiger partial charge in [-0.25, -0.2) is 4.79 Å². The zero-order chi connectivity index (χ0) is 28.5. The number of carbonyl (C=O) groups is 4. The first-order chi connectivity index (χ1) is 17.9. The van der Waals surface area contributed by atoms with Gasteiger partial charge in [0.1, 0.15) is 24.2 Å². The van der Waals surface area contributed by atoms with E-state index in [0.717, 1.165) is 21.6 Å². The molecule has 0 heterocycles. The predicted molar refractivity (Wildman–Crippen MR) is 143 cm³/mol. The van der Waals surface area contributed by atoms with Crippen molar-refractivity contribution in [3.63, 3.8) is 0 Å². The molecular weight excluding hydrogens is 486 g/mol. The monoisotopic (exact) mass is 521 g/mol. The maximum atomic E-state index is 13.9. The normalized spacial score (nSPS) is 12.3. The number of nitrogens with one attached hydrogen (secondary N) is 2. The Bertz CT molecular complexity index is 1200. The molecule has 3 amide bonds. The van der Waals surface area contributed by atoms with Gasteiger partial charge >= 0.3 is 12.1 Å². The summed E-state index contributed by atoms with van der Waals surface area (Å²) in [6.07, 6.45) is 5.11. The van der Waals surface area contributed by atoms with Crippen LogP contribution in [0.1, 0.15) is 49.1 Å². The molecule has 0 radical (unpaired) electrons.